The molecule has 0 aliphatic heterocycles. The highest BCUT2D eigenvalue weighted by Crippen LogP contribution is 2.51. The summed E-state index contributed by atoms with van der Waals surface area (Å²) in [7, 11) is 3.20. The zero-order valence-corrected chi connectivity index (χ0v) is 16.4. The summed E-state index contributed by atoms with van der Waals surface area (Å²) in [4.78, 5) is 12.5. The van der Waals surface area contributed by atoms with E-state index in [1.54, 1.807) is 20.3 Å². The van der Waals surface area contributed by atoms with Crippen LogP contribution >= 0.6 is 0 Å². The number of benzene rings is 1. The van der Waals surface area contributed by atoms with E-state index in [0.29, 0.717) is 37.4 Å². The number of carbonyl (C=O) groups is 1. The first-order chi connectivity index (χ1) is 12.3. The second-order valence-electron chi connectivity index (χ2n) is 7.38. The number of hydrogen-bond donors (Lipinski definition) is 2. The monoisotopic (exact) mass is 365 g/mol. The third-order valence-electron chi connectivity index (χ3n) is 5.64. The number of methoxy groups -OCH3 is 2. The van der Waals surface area contributed by atoms with Crippen molar-refractivity contribution < 1.29 is 24.1 Å². The Morgan fingerprint density at radius 3 is 2.31 bits per heavy atom. The minimum absolute atomic E-state index is 0.0441. The Morgan fingerprint density at radius 2 is 1.85 bits per heavy atom. The number of aliphatic hydroxyl groups excluding tert-OH is 1. The molecule has 0 aromatic heterocycles. The number of aryl methyl sites for hydroxylation is 1. The number of aliphatic hydroxyl groups is 1. The van der Waals surface area contributed by atoms with Crippen molar-refractivity contribution in [1.82, 2.24) is 5.32 Å². The maximum atomic E-state index is 12.5. The molecule has 1 saturated carbocycles. The Hall–Kier alpha value is -1.79. The van der Waals surface area contributed by atoms with Crippen LogP contribution < -0.4 is 14.8 Å². The average molecular weight is 365 g/mol. The Kier molecular flexibility index (Phi) is 6.53. The van der Waals surface area contributed by atoms with Crippen LogP contribution in [0.1, 0.15) is 39.2 Å². The van der Waals surface area contributed by atoms with Crippen molar-refractivity contribution in [2.24, 2.45) is 5.41 Å². The maximum absolute atomic E-state index is 12.5. The number of hydrogen-bond acceptors (Lipinski definition) is 5. The SMILES string of the molecule is CCOC1CC(CO)(NC(=O)CCc2cc(OC)cc(OC)c2)C1(C)C. The average Bonchev–Trinajstić information content (AvgIpc) is 2.64. The van der Waals surface area contributed by atoms with Gasteiger partial charge >= 0.3 is 0 Å². The Bertz CT molecular complexity index is 608. The molecule has 0 saturated heterocycles. The van der Waals surface area contributed by atoms with Gasteiger partial charge in [-0.1, -0.05) is 13.8 Å². The first-order valence-electron chi connectivity index (χ1n) is 9.07. The van der Waals surface area contributed by atoms with E-state index in [2.05, 4.69) is 5.32 Å². The Morgan fingerprint density at radius 1 is 1.23 bits per heavy atom. The number of rotatable bonds is 9. The normalized spacial score (nSPS) is 23.8. The molecule has 1 amide bonds. The molecule has 1 aliphatic carbocycles. The minimum Gasteiger partial charge on any atom is -0.497 e. The number of carbonyl (C=O) groups excluding carboxylic acids is 1. The fourth-order valence-corrected chi connectivity index (χ4v) is 3.60. The molecule has 2 atom stereocenters. The molecule has 1 fully saturated rings. The fourth-order valence-electron chi connectivity index (χ4n) is 3.60. The quantitative estimate of drug-likeness (QED) is 0.702. The molecule has 0 heterocycles. The first-order valence-corrected chi connectivity index (χ1v) is 9.07. The van der Waals surface area contributed by atoms with Gasteiger partial charge in [0, 0.05) is 30.9 Å². The highest BCUT2D eigenvalue weighted by molar-refractivity contribution is 5.77. The lowest BCUT2D eigenvalue weighted by Gasteiger charge is -2.60. The van der Waals surface area contributed by atoms with Gasteiger partial charge in [-0.3, -0.25) is 4.79 Å². The summed E-state index contributed by atoms with van der Waals surface area (Å²) in [5.74, 6) is 1.32. The van der Waals surface area contributed by atoms with Crippen LogP contribution in [0.4, 0.5) is 0 Å². The van der Waals surface area contributed by atoms with Gasteiger partial charge in [-0.25, -0.2) is 0 Å². The predicted molar refractivity (Wildman–Crippen MR) is 99.6 cm³/mol. The van der Waals surface area contributed by atoms with Gasteiger partial charge in [-0.05, 0) is 31.0 Å². The summed E-state index contributed by atoms with van der Waals surface area (Å²) >= 11 is 0. The van der Waals surface area contributed by atoms with Gasteiger partial charge in [0.05, 0.1) is 32.5 Å². The van der Waals surface area contributed by atoms with Gasteiger partial charge in [0.15, 0.2) is 0 Å². The molecule has 0 radical (unpaired) electrons. The van der Waals surface area contributed by atoms with Crippen LogP contribution in [0.2, 0.25) is 0 Å². The predicted octanol–water partition coefficient (Wildman–Crippen LogP) is 2.32. The summed E-state index contributed by atoms with van der Waals surface area (Å²) in [6.07, 6.45) is 1.56. The number of ether oxygens (including phenoxy) is 3. The van der Waals surface area contributed by atoms with E-state index < -0.39 is 5.54 Å². The van der Waals surface area contributed by atoms with Crippen molar-refractivity contribution in [3.63, 3.8) is 0 Å². The summed E-state index contributed by atoms with van der Waals surface area (Å²) in [6.45, 7) is 6.54. The van der Waals surface area contributed by atoms with E-state index >= 15 is 0 Å². The largest absolute Gasteiger partial charge is 0.497 e. The maximum Gasteiger partial charge on any atom is 0.220 e. The van der Waals surface area contributed by atoms with Crippen LogP contribution in [0.25, 0.3) is 0 Å². The van der Waals surface area contributed by atoms with Gasteiger partial charge in [-0.15, -0.1) is 0 Å². The molecule has 1 aliphatic rings. The molecule has 2 N–H and O–H groups in total. The van der Waals surface area contributed by atoms with E-state index in [9.17, 15) is 9.90 Å². The first kappa shape index (κ1) is 20.5. The molecule has 1 aromatic carbocycles. The summed E-state index contributed by atoms with van der Waals surface area (Å²) < 4.78 is 16.2. The van der Waals surface area contributed by atoms with Crippen LogP contribution in [0.5, 0.6) is 11.5 Å². The third-order valence-corrected chi connectivity index (χ3v) is 5.64. The Balaban J connectivity index is 1.98. The van der Waals surface area contributed by atoms with Crippen molar-refractivity contribution >= 4 is 5.91 Å². The standard InChI is InChI=1S/C20H31NO5/c1-6-26-17-12-20(13-22,19(17,2)3)21-18(23)8-7-14-9-15(24-4)11-16(10-14)25-5/h9-11,17,22H,6-8,12-13H2,1-5H3,(H,21,23). The second-order valence-corrected chi connectivity index (χ2v) is 7.38. The minimum atomic E-state index is -0.629. The fraction of sp³-hybridized carbons (Fsp3) is 0.650. The molecular weight excluding hydrogens is 334 g/mol. The number of amides is 1. The van der Waals surface area contributed by atoms with E-state index in [4.69, 9.17) is 14.2 Å². The van der Waals surface area contributed by atoms with Crippen molar-refractivity contribution in [1.29, 1.82) is 0 Å². The van der Waals surface area contributed by atoms with Crippen LogP contribution in [0.3, 0.4) is 0 Å². The molecule has 0 bridgehead atoms. The lowest BCUT2D eigenvalue weighted by atomic mass is 9.54. The highest BCUT2D eigenvalue weighted by Gasteiger charge is 2.61. The molecule has 2 rings (SSSR count). The van der Waals surface area contributed by atoms with Gasteiger partial charge < -0.3 is 24.6 Å². The van der Waals surface area contributed by atoms with Crippen LogP contribution in [-0.4, -0.2) is 50.1 Å². The molecular formula is C20H31NO5. The van der Waals surface area contributed by atoms with Gasteiger partial charge in [0.1, 0.15) is 11.5 Å². The lowest BCUT2D eigenvalue weighted by molar-refractivity contribution is -0.181. The second kappa shape index (κ2) is 8.27. The van der Waals surface area contributed by atoms with Crippen molar-refractivity contribution in [3.05, 3.63) is 23.8 Å². The molecule has 26 heavy (non-hydrogen) atoms. The van der Waals surface area contributed by atoms with Gasteiger partial charge in [0.25, 0.3) is 0 Å². The Labute approximate surface area is 155 Å². The topological polar surface area (TPSA) is 77.0 Å². The van der Waals surface area contributed by atoms with Gasteiger partial charge in [-0.2, -0.15) is 0 Å². The van der Waals surface area contributed by atoms with E-state index in [1.807, 2.05) is 32.9 Å². The van der Waals surface area contributed by atoms with Crippen LogP contribution in [0.15, 0.2) is 18.2 Å². The molecule has 146 valence electrons. The van der Waals surface area contributed by atoms with Crippen LogP contribution in [0, 0.1) is 5.41 Å². The molecule has 0 spiro atoms. The zero-order valence-electron chi connectivity index (χ0n) is 16.4. The highest BCUT2D eigenvalue weighted by atomic mass is 16.5. The van der Waals surface area contributed by atoms with E-state index in [-0.39, 0.29) is 24.0 Å². The van der Waals surface area contributed by atoms with Crippen molar-refractivity contribution in [2.45, 2.75) is 51.7 Å². The molecule has 1 aromatic rings. The van der Waals surface area contributed by atoms with Crippen LogP contribution in [-0.2, 0) is 16.0 Å². The third kappa shape index (κ3) is 3.96. The lowest BCUT2D eigenvalue weighted by Crippen LogP contribution is -2.74. The molecule has 2 unspecified atom stereocenters. The van der Waals surface area contributed by atoms with Gasteiger partial charge in [0.2, 0.25) is 5.91 Å². The summed E-state index contributed by atoms with van der Waals surface area (Å²) in [6, 6.07) is 5.60. The van der Waals surface area contributed by atoms with E-state index in [0.717, 1.165) is 5.56 Å². The summed E-state index contributed by atoms with van der Waals surface area (Å²) in [5.41, 5.74) is 0.0252. The van der Waals surface area contributed by atoms with Crippen molar-refractivity contribution in [3.8, 4) is 11.5 Å². The molecule has 6 nitrogen and oxygen atoms in total. The van der Waals surface area contributed by atoms with E-state index in [1.165, 1.54) is 0 Å². The summed E-state index contributed by atoms with van der Waals surface area (Å²) in [5, 5.41) is 13.0. The number of nitrogens with one attached hydrogen (secondary N) is 1. The van der Waals surface area contributed by atoms with Crippen molar-refractivity contribution in [2.75, 3.05) is 27.4 Å². The smallest absolute Gasteiger partial charge is 0.220 e. The molecule has 6 heteroatoms. The zero-order chi connectivity index (χ0) is 19.4.